The van der Waals surface area contributed by atoms with Gasteiger partial charge in [0.1, 0.15) is 5.71 Å². The van der Waals surface area contributed by atoms with Crippen LogP contribution >= 0.6 is 11.6 Å². The van der Waals surface area contributed by atoms with Crippen LogP contribution in [0.1, 0.15) is 21.5 Å². The Hall–Kier alpha value is -2.13. The fourth-order valence-corrected chi connectivity index (χ4v) is 1.89. The van der Waals surface area contributed by atoms with E-state index in [9.17, 15) is 10.0 Å². The largest absolute Gasteiger partial charge is 0.410 e. The standard InChI is InChI=1S/C14H10ClNO2/c15-14(17)12-9-5-4-8-11(12)13(16-18)10-6-2-1-3-7-10/h1-9,18H. The first-order chi connectivity index (χ1) is 8.74. The number of hydrogen-bond acceptors (Lipinski definition) is 3. The highest BCUT2D eigenvalue weighted by Crippen LogP contribution is 2.17. The zero-order chi connectivity index (χ0) is 13.0. The number of carbonyl (C=O) groups is 1. The third-order valence-electron chi connectivity index (χ3n) is 2.54. The summed E-state index contributed by atoms with van der Waals surface area (Å²) >= 11 is 5.52. The average Bonchev–Trinajstić information content (AvgIpc) is 2.41. The second-order valence-corrected chi connectivity index (χ2v) is 3.98. The maximum absolute atomic E-state index is 11.3. The molecular weight excluding hydrogens is 250 g/mol. The number of halogens is 1. The van der Waals surface area contributed by atoms with Crippen LogP contribution in [-0.2, 0) is 0 Å². The predicted octanol–water partition coefficient (Wildman–Crippen LogP) is 3.29. The third-order valence-corrected chi connectivity index (χ3v) is 2.74. The summed E-state index contributed by atoms with van der Waals surface area (Å²) in [7, 11) is 0. The predicted molar refractivity (Wildman–Crippen MR) is 70.5 cm³/mol. The molecule has 0 saturated heterocycles. The zero-order valence-corrected chi connectivity index (χ0v) is 10.1. The molecule has 0 heterocycles. The third kappa shape index (κ3) is 2.41. The van der Waals surface area contributed by atoms with Crippen molar-refractivity contribution in [1.82, 2.24) is 0 Å². The first-order valence-corrected chi connectivity index (χ1v) is 5.68. The molecule has 0 aliphatic rings. The molecule has 0 aromatic heterocycles. The van der Waals surface area contributed by atoms with E-state index in [2.05, 4.69) is 5.16 Å². The van der Waals surface area contributed by atoms with E-state index in [-0.39, 0.29) is 0 Å². The van der Waals surface area contributed by atoms with Gasteiger partial charge in [-0.05, 0) is 17.7 Å². The van der Waals surface area contributed by atoms with Crippen molar-refractivity contribution in [3.63, 3.8) is 0 Å². The fraction of sp³-hybridized carbons (Fsp3) is 0. The quantitative estimate of drug-likeness (QED) is 0.398. The first kappa shape index (κ1) is 12.3. The van der Waals surface area contributed by atoms with Gasteiger partial charge in [-0.1, -0.05) is 53.7 Å². The van der Waals surface area contributed by atoms with Gasteiger partial charge in [0.2, 0.25) is 0 Å². The van der Waals surface area contributed by atoms with Crippen molar-refractivity contribution in [1.29, 1.82) is 0 Å². The van der Waals surface area contributed by atoms with Gasteiger partial charge in [-0.25, -0.2) is 0 Å². The SMILES string of the molecule is O=C(Cl)c1ccccc1C(=NO)c1ccccc1. The number of benzene rings is 2. The van der Waals surface area contributed by atoms with Gasteiger partial charge in [0, 0.05) is 16.7 Å². The van der Waals surface area contributed by atoms with Crippen molar-refractivity contribution in [2.45, 2.75) is 0 Å². The van der Waals surface area contributed by atoms with Gasteiger partial charge in [-0.3, -0.25) is 4.79 Å². The van der Waals surface area contributed by atoms with Crippen LogP contribution in [0.3, 0.4) is 0 Å². The number of nitrogens with zero attached hydrogens (tertiary/aromatic N) is 1. The Kier molecular flexibility index (Phi) is 3.75. The van der Waals surface area contributed by atoms with Gasteiger partial charge in [0.15, 0.2) is 0 Å². The average molecular weight is 260 g/mol. The maximum atomic E-state index is 11.3. The van der Waals surface area contributed by atoms with E-state index >= 15 is 0 Å². The molecular formula is C14H10ClNO2. The lowest BCUT2D eigenvalue weighted by Gasteiger charge is -2.08. The first-order valence-electron chi connectivity index (χ1n) is 5.30. The smallest absolute Gasteiger partial charge is 0.253 e. The van der Waals surface area contributed by atoms with E-state index in [0.29, 0.717) is 22.4 Å². The molecule has 18 heavy (non-hydrogen) atoms. The molecule has 0 saturated carbocycles. The molecule has 2 aromatic carbocycles. The Morgan fingerprint density at radius 3 is 2.06 bits per heavy atom. The van der Waals surface area contributed by atoms with Crippen molar-refractivity contribution in [2.24, 2.45) is 5.16 Å². The van der Waals surface area contributed by atoms with Crippen LogP contribution in [-0.4, -0.2) is 16.2 Å². The van der Waals surface area contributed by atoms with Crippen molar-refractivity contribution in [2.75, 3.05) is 0 Å². The van der Waals surface area contributed by atoms with Crippen molar-refractivity contribution >= 4 is 22.6 Å². The monoisotopic (exact) mass is 259 g/mol. The van der Waals surface area contributed by atoms with E-state index in [0.717, 1.165) is 0 Å². The Bertz CT molecular complexity index is 594. The number of hydrogen-bond donors (Lipinski definition) is 1. The Balaban J connectivity index is 2.57. The van der Waals surface area contributed by atoms with Crippen molar-refractivity contribution < 1.29 is 10.0 Å². The highest BCUT2D eigenvalue weighted by atomic mass is 35.5. The molecule has 0 amide bonds. The van der Waals surface area contributed by atoms with Gasteiger partial charge < -0.3 is 5.21 Å². The molecule has 90 valence electrons. The summed E-state index contributed by atoms with van der Waals surface area (Å²) in [6.45, 7) is 0. The lowest BCUT2D eigenvalue weighted by Crippen LogP contribution is -2.08. The summed E-state index contributed by atoms with van der Waals surface area (Å²) in [5.41, 5.74) is 1.85. The summed E-state index contributed by atoms with van der Waals surface area (Å²) < 4.78 is 0. The van der Waals surface area contributed by atoms with Crippen LogP contribution in [0.5, 0.6) is 0 Å². The minimum atomic E-state index is -0.581. The van der Waals surface area contributed by atoms with Crippen LogP contribution in [0.4, 0.5) is 0 Å². The van der Waals surface area contributed by atoms with Gasteiger partial charge in [-0.2, -0.15) is 0 Å². The summed E-state index contributed by atoms with van der Waals surface area (Å²) in [5.74, 6) is 0. The van der Waals surface area contributed by atoms with Crippen LogP contribution < -0.4 is 0 Å². The molecule has 0 aliphatic carbocycles. The van der Waals surface area contributed by atoms with Crippen LogP contribution in [0.15, 0.2) is 59.8 Å². The highest BCUT2D eigenvalue weighted by molar-refractivity contribution is 6.68. The molecule has 0 unspecified atom stereocenters. The minimum Gasteiger partial charge on any atom is -0.410 e. The van der Waals surface area contributed by atoms with E-state index < -0.39 is 5.24 Å². The second kappa shape index (κ2) is 5.47. The zero-order valence-electron chi connectivity index (χ0n) is 9.38. The number of rotatable bonds is 3. The van der Waals surface area contributed by atoms with E-state index in [1.165, 1.54) is 0 Å². The van der Waals surface area contributed by atoms with Crippen molar-refractivity contribution in [3.8, 4) is 0 Å². The van der Waals surface area contributed by atoms with Crippen LogP contribution in [0, 0.1) is 0 Å². The van der Waals surface area contributed by atoms with E-state index in [1.54, 1.807) is 36.4 Å². The number of carbonyl (C=O) groups excluding carboxylic acids is 1. The van der Waals surface area contributed by atoms with Gasteiger partial charge in [0.25, 0.3) is 5.24 Å². The topological polar surface area (TPSA) is 49.7 Å². The summed E-state index contributed by atoms with van der Waals surface area (Å²) in [4.78, 5) is 11.3. The Morgan fingerprint density at radius 2 is 1.50 bits per heavy atom. The Morgan fingerprint density at radius 1 is 0.944 bits per heavy atom. The summed E-state index contributed by atoms with van der Waals surface area (Å²) in [5, 5.41) is 11.9. The molecule has 0 aliphatic heterocycles. The molecule has 0 fully saturated rings. The molecule has 2 rings (SSSR count). The molecule has 2 aromatic rings. The second-order valence-electron chi connectivity index (χ2n) is 3.63. The molecule has 1 N–H and O–H groups in total. The lowest BCUT2D eigenvalue weighted by molar-refractivity contribution is 0.108. The van der Waals surface area contributed by atoms with Gasteiger partial charge in [-0.15, -0.1) is 0 Å². The van der Waals surface area contributed by atoms with Crippen LogP contribution in [0.2, 0.25) is 0 Å². The molecule has 0 spiro atoms. The molecule has 0 radical (unpaired) electrons. The van der Waals surface area contributed by atoms with Crippen molar-refractivity contribution in [3.05, 3.63) is 71.3 Å². The summed E-state index contributed by atoms with van der Waals surface area (Å²) in [6.07, 6.45) is 0. The highest BCUT2D eigenvalue weighted by Gasteiger charge is 2.15. The molecule has 0 atom stereocenters. The molecule has 0 bridgehead atoms. The lowest BCUT2D eigenvalue weighted by atomic mass is 9.98. The summed E-state index contributed by atoms with van der Waals surface area (Å²) in [6, 6.07) is 15.9. The van der Waals surface area contributed by atoms with Gasteiger partial charge >= 0.3 is 0 Å². The molecule has 4 heteroatoms. The normalized spacial score (nSPS) is 11.3. The molecule has 3 nitrogen and oxygen atoms in total. The van der Waals surface area contributed by atoms with Crippen LogP contribution in [0.25, 0.3) is 0 Å². The maximum Gasteiger partial charge on any atom is 0.253 e. The van der Waals surface area contributed by atoms with E-state index in [4.69, 9.17) is 11.6 Å². The Labute approximate surface area is 109 Å². The minimum absolute atomic E-state index is 0.316. The number of oxime groups is 1. The fourth-order valence-electron chi connectivity index (χ4n) is 1.72. The van der Waals surface area contributed by atoms with E-state index in [1.807, 2.05) is 18.2 Å². The van der Waals surface area contributed by atoms with Gasteiger partial charge in [0.05, 0.1) is 0 Å².